The maximum absolute atomic E-state index is 12.5. The standard InChI is InChI=1S/C26H32N2O5/c1-16(2)21(24(30)31)14-27-23(29)13-26(3,4)28-25(32)33-15-22-19-11-7-5-9-17(19)18-10-6-8-12-20(18)22/h5-12,16,21-22H,13-15H2,1-4H3,(H,27,29)(H,28,32)(H,30,31). The van der Waals surface area contributed by atoms with Crippen LogP contribution in [-0.4, -0.2) is 41.8 Å². The number of aliphatic carboxylic acids is 1. The van der Waals surface area contributed by atoms with Crippen molar-refractivity contribution in [2.75, 3.05) is 13.2 Å². The molecule has 33 heavy (non-hydrogen) atoms. The highest BCUT2D eigenvalue weighted by atomic mass is 16.5. The second-order valence-corrected chi connectivity index (χ2v) is 9.50. The largest absolute Gasteiger partial charge is 0.481 e. The lowest BCUT2D eigenvalue weighted by molar-refractivity contribution is -0.143. The van der Waals surface area contributed by atoms with Crippen LogP contribution in [-0.2, 0) is 14.3 Å². The van der Waals surface area contributed by atoms with E-state index in [0.717, 1.165) is 22.3 Å². The number of hydrogen-bond donors (Lipinski definition) is 3. The van der Waals surface area contributed by atoms with E-state index in [0.29, 0.717) is 0 Å². The third kappa shape index (κ3) is 5.92. The zero-order valence-corrected chi connectivity index (χ0v) is 19.6. The number of amides is 2. The number of hydrogen-bond acceptors (Lipinski definition) is 4. The molecule has 0 aliphatic heterocycles. The van der Waals surface area contributed by atoms with Crippen molar-refractivity contribution < 1.29 is 24.2 Å². The average molecular weight is 453 g/mol. The predicted molar refractivity (Wildman–Crippen MR) is 126 cm³/mol. The summed E-state index contributed by atoms with van der Waals surface area (Å²) in [7, 11) is 0. The number of carbonyl (C=O) groups excluding carboxylic acids is 2. The van der Waals surface area contributed by atoms with E-state index in [1.165, 1.54) is 0 Å². The van der Waals surface area contributed by atoms with Crippen LogP contribution in [0.2, 0.25) is 0 Å². The summed E-state index contributed by atoms with van der Waals surface area (Å²) in [6.45, 7) is 7.29. The fourth-order valence-electron chi connectivity index (χ4n) is 4.25. The summed E-state index contributed by atoms with van der Waals surface area (Å²) < 4.78 is 5.56. The third-order valence-electron chi connectivity index (χ3n) is 6.03. The van der Waals surface area contributed by atoms with Crippen molar-refractivity contribution in [3.63, 3.8) is 0 Å². The molecule has 3 rings (SSSR count). The van der Waals surface area contributed by atoms with Crippen molar-refractivity contribution in [2.45, 2.75) is 45.6 Å². The van der Waals surface area contributed by atoms with Crippen LogP contribution in [0.4, 0.5) is 4.79 Å². The molecular formula is C26H32N2O5. The van der Waals surface area contributed by atoms with Gasteiger partial charge in [-0.2, -0.15) is 0 Å². The van der Waals surface area contributed by atoms with E-state index in [2.05, 4.69) is 34.9 Å². The zero-order valence-electron chi connectivity index (χ0n) is 19.6. The van der Waals surface area contributed by atoms with Crippen molar-refractivity contribution >= 4 is 18.0 Å². The van der Waals surface area contributed by atoms with Crippen LogP contribution in [0.15, 0.2) is 48.5 Å². The average Bonchev–Trinajstić information content (AvgIpc) is 3.05. The predicted octanol–water partition coefficient (Wildman–Crippen LogP) is 4.17. The molecule has 2 amide bonds. The first-order valence-corrected chi connectivity index (χ1v) is 11.2. The number of rotatable bonds is 9. The number of ether oxygens (including phenoxy) is 1. The fraction of sp³-hybridized carbons (Fsp3) is 0.423. The van der Waals surface area contributed by atoms with Crippen LogP contribution in [0.1, 0.15) is 51.2 Å². The number of nitrogens with one attached hydrogen (secondary N) is 2. The molecule has 7 heteroatoms. The molecule has 1 aliphatic carbocycles. The topological polar surface area (TPSA) is 105 Å². The maximum atomic E-state index is 12.5. The van der Waals surface area contributed by atoms with Gasteiger partial charge in [0, 0.05) is 24.4 Å². The van der Waals surface area contributed by atoms with Crippen molar-refractivity contribution in [2.24, 2.45) is 11.8 Å². The fourth-order valence-corrected chi connectivity index (χ4v) is 4.25. The molecule has 0 aromatic heterocycles. The first kappa shape index (κ1) is 24.3. The Morgan fingerprint density at radius 3 is 2.06 bits per heavy atom. The highest BCUT2D eigenvalue weighted by Crippen LogP contribution is 2.44. The Kier molecular flexibility index (Phi) is 7.41. The molecule has 2 aromatic carbocycles. The Bertz CT molecular complexity index is 985. The molecule has 0 bridgehead atoms. The lowest BCUT2D eigenvalue weighted by Crippen LogP contribution is -2.48. The van der Waals surface area contributed by atoms with Gasteiger partial charge in [-0.1, -0.05) is 62.4 Å². The molecule has 1 unspecified atom stereocenters. The minimum atomic E-state index is -0.943. The van der Waals surface area contributed by atoms with E-state index < -0.39 is 23.5 Å². The lowest BCUT2D eigenvalue weighted by atomic mass is 9.95. The second-order valence-electron chi connectivity index (χ2n) is 9.50. The number of carboxylic acids is 1. The molecule has 0 heterocycles. The lowest BCUT2D eigenvalue weighted by Gasteiger charge is -2.26. The van der Waals surface area contributed by atoms with Gasteiger partial charge in [-0.05, 0) is 42.0 Å². The van der Waals surface area contributed by atoms with Gasteiger partial charge in [0.15, 0.2) is 0 Å². The van der Waals surface area contributed by atoms with Gasteiger partial charge in [-0.15, -0.1) is 0 Å². The van der Waals surface area contributed by atoms with Gasteiger partial charge in [0.1, 0.15) is 6.61 Å². The molecular weight excluding hydrogens is 420 g/mol. The summed E-state index contributed by atoms with van der Waals surface area (Å²) in [5.41, 5.74) is 3.70. The molecule has 1 atom stereocenters. The van der Waals surface area contributed by atoms with Gasteiger partial charge in [0.25, 0.3) is 0 Å². The summed E-state index contributed by atoms with van der Waals surface area (Å²) in [6, 6.07) is 16.2. The first-order valence-electron chi connectivity index (χ1n) is 11.2. The molecule has 176 valence electrons. The molecule has 0 saturated carbocycles. The molecule has 0 fully saturated rings. The van der Waals surface area contributed by atoms with Gasteiger partial charge < -0.3 is 20.5 Å². The van der Waals surface area contributed by atoms with Crippen LogP contribution >= 0.6 is 0 Å². The van der Waals surface area contributed by atoms with Gasteiger partial charge in [-0.3, -0.25) is 9.59 Å². The van der Waals surface area contributed by atoms with Gasteiger partial charge in [0.05, 0.1) is 5.92 Å². The third-order valence-corrected chi connectivity index (χ3v) is 6.03. The molecule has 0 spiro atoms. The Labute approximate surface area is 194 Å². The van der Waals surface area contributed by atoms with Crippen LogP contribution < -0.4 is 10.6 Å². The van der Waals surface area contributed by atoms with E-state index in [1.807, 2.05) is 24.3 Å². The number of alkyl carbamates (subject to hydrolysis) is 1. The summed E-state index contributed by atoms with van der Waals surface area (Å²) in [6.07, 6.45) is -0.595. The molecule has 0 saturated heterocycles. The monoisotopic (exact) mass is 452 g/mol. The minimum absolute atomic E-state index is 0.00162. The minimum Gasteiger partial charge on any atom is -0.481 e. The Balaban J connectivity index is 1.54. The number of carboxylic acid groups (broad SMARTS) is 1. The molecule has 2 aromatic rings. The summed E-state index contributed by atoms with van der Waals surface area (Å²) in [5.74, 6) is -2.08. The summed E-state index contributed by atoms with van der Waals surface area (Å²) >= 11 is 0. The molecule has 1 aliphatic rings. The highest BCUT2D eigenvalue weighted by Gasteiger charge is 2.31. The normalized spacial score (nSPS) is 13.7. The van der Waals surface area contributed by atoms with Crippen molar-refractivity contribution in [3.05, 3.63) is 59.7 Å². The highest BCUT2D eigenvalue weighted by molar-refractivity contribution is 5.80. The van der Waals surface area contributed by atoms with Gasteiger partial charge >= 0.3 is 12.1 Å². The van der Waals surface area contributed by atoms with E-state index >= 15 is 0 Å². The molecule has 0 radical (unpaired) electrons. The van der Waals surface area contributed by atoms with Crippen LogP contribution in [0, 0.1) is 11.8 Å². The van der Waals surface area contributed by atoms with Crippen LogP contribution in [0.25, 0.3) is 11.1 Å². The maximum Gasteiger partial charge on any atom is 0.407 e. The molecule has 3 N–H and O–H groups in total. The van der Waals surface area contributed by atoms with Gasteiger partial charge in [0.2, 0.25) is 5.91 Å². The summed E-state index contributed by atoms with van der Waals surface area (Å²) in [5, 5.41) is 14.7. The quantitative estimate of drug-likeness (QED) is 0.530. The van der Waals surface area contributed by atoms with E-state index in [9.17, 15) is 19.5 Å². The van der Waals surface area contributed by atoms with Crippen LogP contribution in [0.5, 0.6) is 0 Å². The second kappa shape index (κ2) is 10.1. The van der Waals surface area contributed by atoms with Crippen LogP contribution in [0.3, 0.4) is 0 Å². The molecule has 7 nitrogen and oxygen atoms in total. The van der Waals surface area contributed by atoms with Crippen molar-refractivity contribution in [1.82, 2.24) is 10.6 Å². The van der Waals surface area contributed by atoms with E-state index in [-0.39, 0.29) is 37.3 Å². The summed E-state index contributed by atoms with van der Waals surface area (Å²) in [4.78, 5) is 36.2. The Morgan fingerprint density at radius 2 is 1.55 bits per heavy atom. The van der Waals surface area contributed by atoms with E-state index in [1.54, 1.807) is 27.7 Å². The first-order chi connectivity index (χ1) is 15.6. The van der Waals surface area contributed by atoms with E-state index in [4.69, 9.17) is 4.74 Å². The SMILES string of the molecule is CC(C)C(CNC(=O)CC(C)(C)NC(=O)OCC1c2ccccc2-c2ccccc21)C(=O)O. The Morgan fingerprint density at radius 1 is 1.00 bits per heavy atom. The zero-order chi connectivity index (χ0) is 24.2. The number of benzene rings is 2. The van der Waals surface area contributed by atoms with Gasteiger partial charge in [-0.25, -0.2) is 4.79 Å². The van der Waals surface area contributed by atoms with Crippen molar-refractivity contribution in [3.8, 4) is 11.1 Å². The smallest absolute Gasteiger partial charge is 0.407 e. The van der Waals surface area contributed by atoms with Crippen molar-refractivity contribution in [1.29, 1.82) is 0 Å². The number of carbonyl (C=O) groups is 3. The Hall–Kier alpha value is -3.35. The number of fused-ring (bicyclic) bond motifs is 3.